The summed E-state index contributed by atoms with van der Waals surface area (Å²) in [5, 5.41) is 1.28. The molecule has 2 nitrogen and oxygen atoms in total. The second-order valence-electron chi connectivity index (χ2n) is 4.25. The Hall–Kier alpha value is -0.800. The van der Waals surface area contributed by atoms with E-state index in [0.717, 1.165) is 4.47 Å². The van der Waals surface area contributed by atoms with Gasteiger partial charge in [-0.1, -0.05) is 22.0 Å². The molecule has 2 aromatic rings. The number of methoxy groups -OCH3 is 1. The van der Waals surface area contributed by atoms with Crippen LogP contribution in [0.15, 0.2) is 28.9 Å². The number of hydrogen-bond acceptors (Lipinski definition) is 1. The van der Waals surface area contributed by atoms with Crippen molar-refractivity contribution in [2.45, 2.75) is 26.5 Å². The Morgan fingerprint density at radius 2 is 2.12 bits per heavy atom. The molecule has 3 heteroatoms. The predicted octanol–water partition coefficient (Wildman–Crippen LogP) is 4.13. The molecule has 1 aromatic carbocycles. The molecule has 86 valence electrons. The zero-order valence-corrected chi connectivity index (χ0v) is 11.4. The molecule has 1 aromatic heterocycles. The van der Waals surface area contributed by atoms with Gasteiger partial charge < -0.3 is 9.30 Å². The second kappa shape index (κ2) is 4.60. The highest BCUT2D eigenvalue weighted by Gasteiger charge is 2.10. The molecule has 0 aliphatic carbocycles. The lowest BCUT2D eigenvalue weighted by Gasteiger charge is -2.08. The fraction of sp³-hybridized carbons (Fsp3) is 0.385. The molecule has 0 atom stereocenters. The lowest BCUT2D eigenvalue weighted by molar-refractivity contribution is 0.185. The van der Waals surface area contributed by atoms with Crippen LogP contribution in [0.1, 0.15) is 25.5 Å². The number of aromatic nitrogens is 1. The van der Waals surface area contributed by atoms with Gasteiger partial charge in [0.1, 0.15) is 0 Å². The first kappa shape index (κ1) is 11.7. The fourth-order valence-electron chi connectivity index (χ4n) is 1.99. The van der Waals surface area contributed by atoms with Gasteiger partial charge >= 0.3 is 0 Å². The Kier molecular flexibility index (Phi) is 3.36. The molecule has 0 aliphatic heterocycles. The van der Waals surface area contributed by atoms with Crippen LogP contribution in [0.4, 0.5) is 0 Å². The van der Waals surface area contributed by atoms with Crippen molar-refractivity contribution in [3.8, 4) is 0 Å². The highest BCUT2D eigenvalue weighted by Crippen LogP contribution is 2.27. The third-order valence-electron chi connectivity index (χ3n) is 2.74. The summed E-state index contributed by atoms with van der Waals surface area (Å²) < 4.78 is 8.64. The van der Waals surface area contributed by atoms with Crippen LogP contribution in [0, 0.1) is 0 Å². The summed E-state index contributed by atoms with van der Waals surface area (Å²) >= 11 is 3.52. The van der Waals surface area contributed by atoms with Crippen LogP contribution in [0.2, 0.25) is 0 Å². The van der Waals surface area contributed by atoms with Crippen LogP contribution >= 0.6 is 15.9 Å². The van der Waals surface area contributed by atoms with E-state index >= 15 is 0 Å². The number of rotatable bonds is 3. The SMILES string of the molecule is COCc1cn(C(C)C)c2cc(Br)ccc12. The van der Waals surface area contributed by atoms with Gasteiger partial charge in [0.05, 0.1) is 6.61 Å². The van der Waals surface area contributed by atoms with Crippen LogP contribution in [0.25, 0.3) is 10.9 Å². The number of hydrogen-bond donors (Lipinski definition) is 0. The molecular weight excluding hydrogens is 266 g/mol. The smallest absolute Gasteiger partial charge is 0.0733 e. The Bertz CT molecular complexity index is 502. The quantitative estimate of drug-likeness (QED) is 0.825. The summed E-state index contributed by atoms with van der Waals surface area (Å²) in [5.74, 6) is 0. The fourth-order valence-corrected chi connectivity index (χ4v) is 2.34. The lowest BCUT2D eigenvalue weighted by atomic mass is 10.2. The average molecular weight is 282 g/mol. The topological polar surface area (TPSA) is 14.2 Å². The number of ether oxygens (including phenoxy) is 1. The van der Waals surface area contributed by atoms with Crippen LogP contribution in [-0.2, 0) is 11.3 Å². The standard InChI is InChI=1S/C13H16BrNO/c1-9(2)15-7-10(8-16-3)12-5-4-11(14)6-13(12)15/h4-7,9H,8H2,1-3H3. The van der Waals surface area contributed by atoms with Crippen molar-refractivity contribution in [1.82, 2.24) is 4.57 Å². The highest BCUT2D eigenvalue weighted by atomic mass is 79.9. The first-order valence-electron chi connectivity index (χ1n) is 5.41. The van der Waals surface area contributed by atoms with Crippen molar-refractivity contribution in [2.24, 2.45) is 0 Å². The predicted molar refractivity (Wildman–Crippen MR) is 70.7 cm³/mol. The van der Waals surface area contributed by atoms with Crippen molar-refractivity contribution in [2.75, 3.05) is 7.11 Å². The van der Waals surface area contributed by atoms with Gasteiger partial charge in [-0.25, -0.2) is 0 Å². The molecule has 0 saturated heterocycles. The minimum absolute atomic E-state index is 0.461. The van der Waals surface area contributed by atoms with E-state index in [0.29, 0.717) is 12.6 Å². The molecule has 0 saturated carbocycles. The van der Waals surface area contributed by atoms with Crippen molar-refractivity contribution >= 4 is 26.8 Å². The molecule has 0 aliphatic rings. The highest BCUT2D eigenvalue weighted by molar-refractivity contribution is 9.10. The maximum Gasteiger partial charge on any atom is 0.0733 e. The molecule has 16 heavy (non-hydrogen) atoms. The summed E-state index contributed by atoms with van der Waals surface area (Å²) in [7, 11) is 1.73. The largest absolute Gasteiger partial charge is 0.380 e. The van der Waals surface area contributed by atoms with E-state index in [9.17, 15) is 0 Å². The molecule has 0 N–H and O–H groups in total. The Morgan fingerprint density at radius 1 is 1.38 bits per heavy atom. The summed E-state index contributed by atoms with van der Waals surface area (Å²) in [6, 6.07) is 6.84. The van der Waals surface area contributed by atoms with Crippen molar-refractivity contribution in [1.29, 1.82) is 0 Å². The maximum absolute atomic E-state index is 5.23. The molecule has 0 amide bonds. The number of nitrogens with zero attached hydrogens (tertiary/aromatic N) is 1. The van der Waals surface area contributed by atoms with Crippen LogP contribution in [0.5, 0.6) is 0 Å². The van der Waals surface area contributed by atoms with Gasteiger partial charge in [-0.3, -0.25) is 0 Å². The molecule has 0 bridgehead atoms. The van der Waals surface area contributed by atoms with Gasteiger partial charge in [-0.15, -0.1) is 0 Å². The minimum Gasteiger partial charge on any atom is -0.380 e. The van der Waals surface area contributed by atoms with E-state index < -0.39 is 0 Å². The normalized spacial score (nSPS) is 11.6. The molecular formula is C13H16BrNO. The molecule has 0 radical (unpaired) electrons. The number of fused-ring (bicyclic) bond motifs is 1. The Labute approximate surface area is 104 Å². The van der Waals surface area contributed by atoms with E-state index in [2.05, 4.69) is 58.7 Å². The summed E-state index contributed by atoms with van der Waals surface area (Å²) in [6.45, 7) is 5.05. The van der Waals surface area contributed by atoms with E-state index in [1.165, 1.54) is 16.5 Å². The third kappa shape index (κ3) is 2.02. The number of halogens is 1. The van der Waals surface area contributed by atoms with Crippen LogP contribution in [-0.4, -0.2) is 11.7 Å². The van der Waals surface area contributed by atoms with Crippen molar-refractivity contribution in [3.63, 3.8) is 0 Å². The van der Waals surface area contributed by atoms with Crippen LogP contribution in [0.3, 0.4) is 0 Å². The molecule has 0 unspecified atom stereocenters. The molecule has 1 heterocycles. The lowest BCUT2D eigenvalue weighted by Crippen LogP contribution is -1.97. The summed E-state index contributed by atoms with van der Waals surface area (Å²) in [6.07, 6.45) is 2.19. The maximum atomic E-state index is 5.23. The zero-order valence-electron chi connectivity index (χ0n) is 9.83. The van der Waals surface area contributed by atoms with Gasteiger partial charge in [0.25, 0.3) is 0 Å². The van der Waals surface area contributed by atoms with Gasteiger partial charge in [-0.05, 0) is 26.0 Å². The molecule has 0 fully saturated rings. The van der Waals surface area contributed by atoms with Gasteiger partial charge in [0, 0.05) is 40.3 Å². The molecule has 0 spiro atoms. The minimum atomic E-state index is 0.461. The van der Waals surface area contributed by atoms with E-state index in [-0.39, 0.29) is 0 Å². The zero-order chi connectivity index (χ0) is 11.7. The average Bonchev–Trinajstić information content (AvgIpc) is 2.57. The monoisotopic (exact) mass is 281 g/mol. The first-order chi connectivity index (χ1) is 7.63. The van der Waals surface area contributed by atoms with Crippen molar-refractivity contribution in [3.05, 3.63) is 34.4 Å². The van der Waals surface area contributed by atoms with Gasteiger partial charge in [-0.2, -0.15) is 0 Å². The van der Waals surface area contributed by atoms with E-state index in [1.807, 2.05) is 0 Å². The Morgan fingerprint density at radius 3 is 2.75 bits per heavy atom. The van der Waals surface area contributed by atoms with Gasteiger partial charge in [0.15, 0.2) is 0 Å². The third-order valence-corrected chi connectivity index (χ3v) is 3.23. The Balaban J connectivity index is 2.66. The second-order valence-corrected chi connectivity index (χ2v) is 5.17. The number of benzene rings is 1. The van der Waals surface area contributed by atoms with E-state index in [1.54, 1.807) is 7.11 Å². The van der Waals surface area contributed by atoms with Crippen LogP contribution < -0.4 is 0 Å². The molecule has 2 rings (SSSR count). The summed E-state index contributed by atoms with van der Waals surface area (Å²) in [5.41, 5.74) is 2.51. The summed E-state index contributed by atoms with van der Waals surface area (Å²) in [4.78, 5) is 0. The van der Waals surface area contributed by atoms with Gasteiger partial charge in [0.2, 0.25) is 0 Å². The first-order valence-corrected chi connectivity index (χ1v) is 6.20. The van der Waals surface area contributed by atoms with Crippen molar-refractivity contribution < 1.29 is 4.74 Å². The van der Waals surface area contributed by atoms with E-state index in [4.69, 9.17) is 4.74 Å².